The molecule has 0 aromatic carbocycles. The fraction of sp³-hybridized carbons (Fsp3) is 0.750. The van der Waals surface area contributed by atoms with E-state index in [2.05, 4.69) is 12.6 Å². The zero-order valence-electron chi connectivity index (χ0n) is 4.94. The number of rotatable bonds is 2. The molecule has 0 aliphatic heterocycles. The van der Waals surface area contributed by atoms with Crippen LogP contribution in [0.25, 0.3) is 0 Å². The number of hydrogen-bond donors (Lipinski definition) is 3. The minimum Gasteiger partial charge on any atom is -0.480 e. The summed E-state index contributed by atoms with van der Waals surface area (Å²) in [4.78, 5) is 9.97. The summed E-state index contributed by atoms with van der Waals surface area (Å²) in [6.45, 7) is 1.64. The molecular weight excluding hydrogens is 162 g/mol. The third kappa shape index (κ3) is 4.57. The number of carboxylic acids is 1. The summed E-state index contributed by atoms with van der Waals surface area (Å²) in [6, 6.07) is -0.849. The second-order valence-electron chi connectivity index (χ2n) is 1.60. The lowest BCUT2D eigenvalue weighted by Gasteiger charge is -2.07. The molecule has 0 aliphatic rings. The monoisotopic (exact) mass is 171 g/mol. The molecule has 0 saturated carbocycles. The highest BCUT2D eigenvalue weighted by atomic mass is 35.5. The van der Waals surface area contributed by atoms with Gasteiger partial charge in [-0.25, -0.2) is 0 Å². The molecule has 0 amide bonds. The Morgan fingerprint density at radius 1 is 1.78 bits per heavy atom. The van der Waals surface area contributed by atoms with Gasteiger partial charge in [0.05, 0.1) is 0 Å². The Hall–Kier alpha value is 0.0700. The van der Waals surface area contributed by atoms with Crippen molar-refractivity contribution in [2.45, 2.75) is 18.2 Å². The maximum atomic E-state index is 9.97. The summed E-state index contributed by atoms with van der Waals surface area (Å²) >= 11 is 3.83. The molecular formula is C4H10ClNO2S. The van der Waals surface area contributed by atoms with Crippen LogP contribution in [-0.4, -0.2) is 22.4 Å². The molecule has 3 nitrogen and oxygen atoms in total. The third-order valence-electron chi connectivity index (χ3n) is 0.805. The van der Waals surface area contributed by atoms with Gasteiger partial charge in [0.2, 0.25) is 0 Å². The van der Waals surface area contributed by atoms with Crippen molar-refractivity contribution in [3.8, 4) is 0 Å². The van der Waals surface area contributed by atoms with Crippen LogP contribution in [0.3, 0.4) is 0 Å². The lowest BCUT2D eigenvalue weighted by molar-refractivity contribution is -0.138. The van der Waals surface area contributed by atoms with Crippen LogP contribution in [0.4, 0.5) is 0 Å². The van der Waals surface area contributed by atoms with Crippen LogP contribution in [-0.2, 0) is 4.79 Å². The van der Waals surface area contributed by atoms with Crippen LogP contribution >= 0.6 is 25.0 Å². The van der Waals surface area contributed by atoms with E-state index in [4.69, 9.17) is 10.8 Å². The molecule has 0 saturated heterocycles. The number of thiol groups is 1. The van der Waals surface area contributed by atoms with E-state index in [1.165, 1.54) is 0 Å². The minimum atomic E-state index is -1.01. The summed E-state index contributed by atoms with van der Waals surface area (Å²) in [5.41, 5.74) is 5.08. The minimum absolute atomic E-state index is 0. The predicted molar refractivity (Wildman–Crippen MR) is 41.3 cm³/mol. The molecule has 0 heterocycles. The van der Waals surface area contributed by atoms with Gasteiger partial charge in [0.1, 0.15) is 6.04 Å². The number of halogens is 1. The van der Waals surface area contributed by atoms with Crippen molar-refractivity contribution >= 4 is 31.0 Å². The van der Waals surface area contributed by atoms with Gasteiger partial charge in [0.15, 0.2) is 0 Å². The molecule has 3 N–H and O–H groups in total. The van der Waals surface area contributed by atoms with E-state index in [0.29, 0.717) is 0 Å². The largest absolute Gasteiger partial charge is 0.480 e. The van der Waals surface area contributed by atoms with Crippen LogP contribution in [0, 0.1) is 0 Å². The predicted octanol–water partition coefficient (Wildman–Crippen LogP) is 0.138. The van der Waals surface area contributed by atoms with Gasteiger partial charge in [-0.15, -0.1) is 12.4 Å². The SMILES string of the molecule is CC(S)C(N)C(=O)O.Cl. The van der Waals surface area contributed by atoms with Crippen molar-refractivity contribution < 1.29 is 9.90 Å². The quantitative estimate of drug-likeness (QED) is 0.518. The fourth-order valence-corrected chi connectivity index (χ4v) is 0.334. The molecule has 0 aromatic heterocycles. The lowest BCUT2D eigenvalue weighted by atomic mass is 10.2. The van der Waals surface area contributed by atoms with Crippen LogP contribution in [0.2, 0.25) is 0 Å². The Kier molecular flexibility index (Phi) is 6.44. The van der Waals surface area contributed by atoms with Crippen LogP contribution in [0.1, 0.15) is 6.92 Å². The summed E-state index contributed by atoms with van der Waals surface area (Å²) in [5, 5.41) is 7.89. The Morgan fingerprint density at radius 2 is 2.11 bits per heavy atom. The normalized spacial score (nSPS) is 15.4. The standard InChI is InChI=1S/C4H9NO2S.ClH/c1-2(8)3(5)4(6)7;/h2-3,8H,5H2,1H3,(H,6,7);1H. The smallest absolute Gasteiger partial charge is 0.321 e. The Bertz CT molecular complexity index is 98.6. The molecule has 9 heavy (non-hydrogen) atoms. The van der Waals surface area contributed by atoms with Crippen LogP contribution < -0.4 is 5.73 Å². The van der Waals surface area contributed by atoms with Gasteiger partial charge in [0.25, 0.3) is 0 Å². The molecule has 5 heteroatoms. The highest BCUT2D eigenvalue weighted by Crippen LogP contribution is 1.96. The molecule has 0 radical (unpaired) electrons. The van der Waals surface area contributed by atoms with E-state index in [1.807, 2.05) is 0 Å². The summed E-state index contributed by atoms with van der Waals surface area (Å²) in [6.07, 6.45) is 0. The van der Waals surface area contributed by atoms with Crippen LogP contribution in [0.5, 0.6) is 0 Å². The van der Waals surface area contributed by atoms with Gasteiger partial charge in [-0.2, -0.15) is 12.6 Å². The first kappa shape index (κ1) is 11.8. The highest BCUT2D eigenvalue weighted by molar-refractivity contribution is 7.81. The summed E-state index contributed by atoms with van der Waals surface area (Å²) < 4.78 is 0. The highest BCUT2D eigenvalue weighted by Gasteiger charge is 2.15. The second kappa shape index (κ2) is 4.90. The van der Waals surface area contributed by atoms with E-state index >= 15 is 0 Å². The fourth-order valence-electron chi connectivity index (χ4n) is 0.206. The van der Waals surface area contributed by atoms with Crippen molar-refractivity contribution in [3.63, 3.8) is 0 Å². The van der Waals surface area contributed by atoms with Gasteiger partial charge in [-0.1, -0.05) is 6.92 Å². The van der Waals surface area contributed by atoms with E-state index in [1.54, 1.807) is 6.92 Å². The molecule has 2 unspecified atom stereocenters. The average molecular weight is 172 g/mol. The molecule has 0 spiro atoms. The first-order chi connectivity index (χ1) is 3.55. The zero-order valence-corrected chi connectivity index (χ0v) is 6.65. The van der Waals surface area contributed by atoms with Crippen molar-refractivity contribution in [2.75, 3.05) is 0 Å². The van der Waals surface area contributed by atoms with E-state index in [9.17, 15) is 4.79 Å². The average Bonchev–Trinajstić information content (AvgIpc) is 1.64. The Labute approximate surface area is 65.4 Å². The number of hydrogen-bond acceptors (Lipinski definition) is 3. The van der Waals surface area contributed by atoms with Gasteiger partial charge in [-0.3, -0.25) is 4.79 Å². The molecule has 0 rings (SSSR count). The van der Waals surface area contributed by atoms with Gasteiger partial charge < -0.3 is 10.8 Å². The Morgan fingerprint density at radius 3 is 2.11 bits per heavy atom. The third-order valence-corrected chi connectivity index (χ3v) is 1.13. The zero-order chi connectivity index (χ0) is 6.73. The number of aliphatic carboxylic acids is 1. The van der Waals surface area contributed by atoms with Crippen LogP contribution in [0.15, 0.2) is 0 Å². The maximum Gasteiger partial charge on any atom is 0.321 e. The topological polar surface area (TPSA) is 63.3 Å². The summed E-state index contributed by atoms with van der Waals surface area (Å²) in [5.74, 6) is -1.01. The molecule has 56 valence electrons. The first-order valence-electron chi connectivity index (χ1n) is 2.22. The first-order valence-corrected chi connectivity index (χ1v) is 2.74. The van der Waals surface area contributed by atoms with Gasteiger partial charge >= 0.3 is 5.97 Å². The van der Waals surface area contributed by atoms with E-state index in [-0.39, 0.29) is 17.7 Å². The Balaban J connectivity index is 0. The summed E-state index contributed by atoms with van der Waals surface area (Å²) in [7, 11) is 0. The van der Waals surface area contributed by atoms with Crippen molar-refractivity contribution in [1.82, 2.24) is 0 Å². The molecule has 0 fully saturated rings. The van der Waals surface area contributed by atoms with Crippen molar-refractivity contribution in [3.05, 3.63) is 0 Å². The van der Waals surface area contributed by atoms with Crippen molar-refractivity contribution in [2.24, 2.45) is 5.73 Å². The van der Waals surface area contributed by atoms with Gasteiger partial charge in [0, 0.05) is 5.25 Å². The molecule has 2 atom stereocenters. The van der Waals surface area contributed by atoms with E-state index < -0.39 is 12.0 Å². The number of nitrogens with two attached hydrogens (primary N) is 1. The second-order valence-corrected chi connectivity index (χ2v) is 2.42. The number of carboxylic acid groups (broad SMARTS) is 1. The van der Waals surface area contributed by atoms with E-state index in [0.717, 1.165) is 0 Å². The maximum absolute atomic E-state index is 9.97. The molecule has 0 aromatic rings. The molecule has 0 aliphatic carbocycles. The molecule has 0 bridgehead atoms. The van der Waals surface area contributed by atoms with Gasteiger partial charge in [-0.05, 0) is 0 Å². The lowest BCUT2D eigenvalue weighted by Crippen LogP contribution is -2.37. The van der Waals surface area contributed by atoms with Crippen molar-refractivity contribution in [1.29, 1.82) is 0 Å². The number of carbonyl (C=O) groups is 1.